The first-order valence-corrected chi connectivity index (χ1v) is 7.98. The molecule has 1 aromatic carbocycles. The lowest BCUT2D eigenvalue weighted by atomic mass is 10.3. The first-order chi connectivity index (χ1) is 10.5. The summed E-state index contributed by atoms with van der Waals surface area (Å²) in [6.07, 6.45) is 1.65. The van der Waals surface area contributed by atoms with E-state index in [4.69, 9.17) is 9.84 Å². The molecule has 0 aliphatic rings. The SMILES string of the molecule is CN(C)c1cccc(OCCCc2nc(CC(=O)O)cs2)c1. The van der Waals surface area contributed by atoms with Gasteiger partial charge < -0.3 is 14.7 Å². The summed E-state index contributed by atoms with van der Waals surface area (Å²) in [5.74, 6) is 0.0119. The van der Waals surface area contributed by atoms with E-state index in [1.165, 1.54) is 11.3 Å². The van der Waals surface area contributed by atoms with Gasteiger partial charge in [0, 0.05) is 37.6 Å². The zero-order valence-corrected chi connectivity index (χ0v) is 13.6. The molecular weight excluding hydrogens is 300 g/mol. The van der Waals surface area contributed by atoms with Crippen LogP contribution in [0.25, 0.3) is 0 Å². The van der Waals surface area contributed by atoms with Gasteiger partial charge in [0.25, 0.3) is 0 Å². The van der Waals surface area contributed by atoms with Gasteiger partial charge >= 0.3 is 5.97 Å². The number of carboxylic acid groups (broad SMARTS) is 1. The van der Waals surface area contributed by atoms with Crippen LogP contribution < -0.4 is 9.64 Å². The average molecular weight is 320 g/mol. The van der Waals surface area contributed by atoms with Crippen LogP contribution in [0.1, 0.15) is 17.1 Å². The number of anilines is 1. The number of carbonyl (C=O) groups is 1. The molecule has 0 saturated carbocycles. The molecule has 1 heterocycles. The third-order valence-electron chi connectivity index (χ3n) is 3.07. The largest absolute Gasteiger partial charge is 0.494 e. The molecule has 22 heavy (non-hydrogen) atoms. The molecule has 0 bridgehead atoms. The number of rotatable bonds is 8. The van der Waals surface area contributed by atoms with Crippen LogP contribution in [0, 0.1) is 0 Å². The smallest absolute Gasteiger partial charge is 0.309 e. The first-order valence-electron chi connectivity index (χ1n) is 7.10. The maximum atomic E-state index is 10.6. The number of aromatic nitrogens is 1. The summed E-state index contributed by atoms with van der Waals surface area (Å²) in [4.78, 5) is 17.0. The van der Waals surface area contributed by atoms with Crippen LogP contribution in [0.15, 0.2) is 29.6 Å². The lowest BCUT2D eigenvalue weighted by Crippen LogP contribution is -2.08. The number of aryl methyl sites for hydroxylation is 1. The first kappa shape index (κ1) is 16.3. The van der Waals surface area contributed by atoms with Gasteiger partial charge in [-0.1, -0.05) is 6.07 Å². The predicted octanol–water partition coefficient (Wildman–Crippen LogP) is 2.85. The average Bonchev–Trinajstić information content (AvgIpc) is 2.90. The fourth-order valence-electron chi connectivity index (χ4n) is 1.96. The highest BCUT2D eigenvalue weighted by molar-refractivity contribution is 7.09. The maximum Gasteiger partial charge on any atom is 0.309 e. The molecule has 0 unspecified atom stereocenters. The molecule has 0 atom stereocenters. The van der Waals surface area contributed by atoms with Crippen LogP contribution in [0.2, 0.25) is 0 Å². The van der Waals surface area contributed by atoms with E-state index in [0.717, 1.165) is 29.3 Å². The molecule has 2 rings (SSSR count). The number of benzene rings is 1. The molecule has 0 fully saturated rings. The van der Waals surface area contributed by atoms with Crippen molar-refractivity contribution in [1.82, 2.24) is 4.98 Å². The molecule has 1 aromatic heterocycles. The third-order valence-corrected chi connectivity index (χ3v) is 4.03. The summed E-state index contributed by atoms with van der Waals surface area (Å²) in [5.41, 5.74) is 1.74. The van der Waals surface area contributed by atoms with Crippen molar-refractivity contribution in [2.75, 3.05) is 25.6 Å². The topological polar surface area (TPSA) is 62.7 Å². The number of hydrogen-bond donors (Lipinski definition) is 1. The van der Waals surface area contributed by atoms with Gasteiger partial charge in [-0.15, -0.1) is 11.3 Å². The van der Waals surface area contributed by atoms with E-state index in [9.17, 15) is 4.79 Å². The second kappa shape index (κ2) is 7.79. The van der Waals surface area contributed by atoms with Crippen LogP contribution in [-0.2, 0) is 17.6 Å². The Morgan fingerprint density at radius 1 is 1.41 bits per heavy atom. The van der Waals surface area contributed by atoms with Crippen molar-refractivity contribution in [1.29, 1.82) is 0 Å². The highest BCUT2D eigenvalue weighted by atomic mass is 32.1. The Kier molecular flexibility index (Phi) is 5.77. The van der Waals surface area contributed by atoms with Gasteiger partial charge in [-0.05, 0) is 18.6 Å². The summed E-state index contributed by atoms with van der Waals surface area (Å²) in [6.45, 7) is 0.616. The van der Waals surface area contributed by atoms with E-state index in [2.05, 4.69) is 4.98 Å². The molecule has 0 saturated heterocycles. The zero-order valence-electron chi connectivity index (χ0n) is 12.8. The van der Waals surface area contributed by atoms with E-state index >= 15 is 0 Å². The van der Waals surface area contributed by atoms with Gasteiger partial charge in [-0.3, -0.25) is 4.79 Å². The molecule has 5 nitrogen and oxygen atoms in total. The van der Waals surface area contributed by atoms with Crippen molar-refractivity contribution < 1.29 is 14.6 Å². The van der Waals surface area contributed by atoms with Crippen LogP contribution in [0.4, 0.5) is 5.69 Å². The molecule has 0 aliphatic heterocycles. The zero-order chi connectivity index (χ0) is 15.9. The third kappa shape index (κ3) is 5.04. The van der Waals surface area contributed by atoms with Crippen molar-refractivity contribution >= 4 is 23.0 Å². The summed E-state index contributed by atoms with van der Waals surface area (Å²) in [6, 6.07) is 7.96. The Balaban J connectivity index is 1.76. The molecule has 2 aromatic rings. The molecule has 0 radical (unpaired) electrons. The fourth-order valence-corrected chi connectivity index (χ4v) is 2.81. The van der Waals surface area contributed by atoms with E-state index in [0.29, 0.717) is 12.3 Å². The second-order valence-electron chi connectivity index (χ2n) is 5.15. The van der Waals surface area contributed by atoms with Crippen molar-refractivity contribution in [3.8, 4) is 5.75 Å². The number of ether oxygens (including phenoxy) is 1. The highest BCUT2D eigenvalue weighted by Crippen LogP contribution is 2.19. The Morgan fingerprint density at radius 2 is 2.23 bits per heavy atom. The van der Waals surface area contributed by atoms with E-state index in [1.54, 1.807) is 0 Å². The van der Waals surface area contributed by atoms with Gasteiger partial charge in [-0.2, -0.15) is 0 Å². The van der Waals surface area contributed by atoms with Gasteiger partial charge in [-0.25, -0.2) is 4.98 Å². The summed E-state index contributed by atoms with van der Waals surface area (Å²) < 4.78 is 5.75. The molecule has 0 spiro atoms. The minimum atomic E-state index is -0.846. The van der Waals surface area contributed by atoms with Gasteiger partial charge in [0.1, 0.15) is 5.75 Å². The van der Waals surface area contributed by atoms with Crippen LogP contribution >= 0.6 is 11.3 Å². The lowest BCUT2D eigenvalue weighted by Gasteiger charge is -2.13. The fraction of sp³-hybridized carbons (Fsp3) is 0.375. The van der Waals surface area contributed by atoms with Crippen LogP contribution in [0.5, 0.6) is 5.75 Å². The van der Waals surface area contributed by atoms with Gasteiger partial charge in [0.05, 0.1) is 23.7 Å². The minimum absolute atomic E-state index is 0.00960. The number of aliphatic carboxylic acids is 1. The monoisotopic (exact) mass is 320 g/mol. The Bertz CT molecular complexity index is 625. The Labute approximate surface area is 134 Å². The van der Waals surface area contributed by atoms with Crippen molar-refractivity contribution in [2.45, 2.75) is 19.3 Å². The second-order valence-corrected chi connectivity index (χ2v) is 6.09. The van der Waals surface area contributed by atoms with Crippen molar-refractivity contribution in [2.24, 2.45) is 0 Å². The summed E-state index contributed by atoms with van der Waals surface area (Å²) >= 11 is 1.51. The standard InChI is InChI=1S/C16H20N2O3S/c1-18(2)13-5-3-6-14(10-13)21-8-4-7-15-17-12(11-22-15)9-16(19)20/h3,5-6,10-11H,4,7-9H2,1-2H3,(H,19,20). The Hall–Kier alpha value is -2.08. The molecule has 6 heteroatoms. The summed E-state index contributed by atoms with van der Waals surface area (Å²) in [7, 11) is 3.99. The quantitative estimate of drug-likeness (QED) is 0.758. The number of hydrogen-bond acceptors (Lipinski definition) is 5. The normalized spacial score (nSPS) is 10.5. The van der Waals surface area contributed by atoms with Crippen LogP contribution in [0.3, 0.4) is 0 Å². The maximum absolute atomic E-state index is 10.6. The number of thiazole rings is 1. The van der Waals surface area contributed by atoms with E-state index in [1.807, 2.05) is 48.6 Å². The van der Waals surface area contributed by atoms with E-state index in [-0.39, 0.29) is 6.42 Å². The molecular formula is C16H20N2O3S. The van der Waals surface area contributed by atoms with Gasteiger partial charge in [0.2, 0.25) is 0 Å². The molecule has 0 amide bonds. The number of carboxylic acids is 1. The predicted molar refractivity (Wildman–Crippen MR) is 88.0 cm³/mol. The van der Waals surface area contributed by atoms with Crippen molar-refractivity contribution in [3.63, 3.8) is 0 Å². The molecule has 0 aliphatic carbocycles. The minimum Gasteiger partial charge on any atom is -0.494 e. The van der Waals surface area contributed by atoms with E-state index < -0.39 is 5.97 Å². The summed E-state index contributed by atoms with van der Waals surface area (Å²) in [5, 5.41) is 11.5. The van der Waals surface area contributed by atoms with Crippen LogP contribution in [-0.4, -0.2) is 36.8 Å². The Morgan fingerprint density at radius 3 is 2.95 bits per heavy atom. The van der Waals surface area contributed by atoms with Crippen molar-refractivity contribution in [3.05, 3.63) is 40.3 Å². The number of nitrogens with zero attached hydrogens (tertiary/aromatic N) is 2. The van der Waals surface area contributed by atoms with Gasteiger partial charge in [0.15, 0.2) is 0 Å². The molecule has 118 valence electrons. The highest BCUT2D eigenvalue weighted by Gasteiger charge is 2.06. The molecule has 1 N–H and O–H groups in total. The lowest BCUT2D eigenvalue weighted by molar-refractivity contribution is -0.136.